The number of benzene rings is 1. The van der Waals surface area contributed by atoms with Gasteiger partial charge in [0.2, 0.25) is 0 Å². The number of esters is 1. The van der Waals surface area contributed by atoms with Crippen molar-refractivity contribution in [1.82, 2.24) is 4.90 Å². The molecule has 0 radical (unpaired) electrons. The number of hydrogen-bond acceptors (Lipinski definition) is 5. The van der Waals surface area contributed by atoms with Crippen LogP contribution in [0.3, 0.4) is 0 Å². The lowest BCUT2D eigenvalue weighted by molar-refractivity contribution is 0.0526. The number of amides is 2. The molecular weight excluding hydrogens is 344 g/mol. The van der Waals surface area contributed by atoms with Gasteiger partial charge in [0.1, 0.15) is 5.37 Å². The molecule has 2 heterocycles. The summed E-state index contributed by atoms with van der Waals surface area (Å²) in [5.41, 5.74) is 1.14. The lowest BCUT2D eigenvalue weighted by Crippen LogP contribution is -2.34. The Morgan fingerprint density at radius 3 is 2.75 bits per heavy atom. The van der Waals surface area contributed by atoms with E-state index in [9.17, 15) is 9.59 Å². The largest absolute Gasteiger partial charge is 0.462 e. The summed E-state index contributed by atoms with van der Waals surface area (Å²) in [7, 11) is 0. The molecule has 7 heteroatoms. The standard InChI is InChI=1S/C17H18N2O3S2/c1-2-22-16(20)12-5-7-13(8-6-12)18-17(21)19-9-11-24-15(19)14-4-3-10-23-14/h3-8,10,15H,2,9,11H2,1H3,(H,18,21)/t15-/m1/s1. The van der Waals surface area contributed by atoms with Gasteiger partial charge >= 0.3 is 12.0 Å². The minimum Gasteiger partial charge on any atom is -0.462 e. The van der Waals surface area contributed by atoms with Gasteiger partial charge in [-0.3, -0.25) is 0 Å². The van der Waals surface area contributed by atoms with Crippen LogP contribution in [0.2, 0.25) is 0 Å². The number of hydrogen-bond donors (Lipinski definition) is 1. The zero-order chi connectivity index (χ0) is 16.9. The van der Waals surface area contributed by atoms with E-state index in [0.29, 0.717) is 17.9 Å². The van der Waals surface area contributed by atoms with Crippen LogP contribution in [0.4, 0.5) is 10.5 Å². The van der Waals surface area contributed by atoms with Crippen LogP contribution >= 0.6 is 23.1 Å². The van der Waals surface area contributed by atoms with Gasteiger partial charge in [-0.1, -0.05) is 6.07 Å². The first-order valence-corrected chi connectivity index (χ1v) is 9.61. The van der Waals surface area contributed by atoms with E-state index in [2.05, 4.69) is 11.4 Å². The molecule has 1 aliphatic rings. The first-order chi connectivity index (χ1) is 11.7. The average Bonchev–Trinajstić information content (AvgIpc) is 3.26. The number of nitrogens with one attached hydrogen (secondary N) is 1. The van der Waals surface area contributed by atoms with Gasteiger partial charge in [-0.25, -0.2) is 9.59 Å². The zero-order valence-corrected chi connectivity index (χ0v) is 14.9. The molecule has 0 bridgehead atoms. The predicted molar refractivity (Wildman–Crippen MR) is 97.6 cm³/mol. The Labute approximate surface area is 149 Å². The highest BCUT2D eigenvalue weighted by molar-refractivity contribution is 7.99. The average molecular weight is 362 g/mol. The lowest BCUT2D eigenvalue weighted by atomic mass is 10.2. The van der Waals surface area contributed by atoms with Gasteiger partial charge in [0.15, 0.2) is 0 Å². The Morgan fingerprint density at radius 1 is 1.29 bits per heavy atom. The van der Waals surface area contributed by atoms with Crippen molar-refractivity contribution in [2.24, 2.45) is 0 Å². The summed E-state index contributed by atoms with van der Waals surface area (Å²) in [4.78, 5) is 27.2. The van der Waals surface area contributed by atoms with Crippen LogP contribution in [0.15, 0.2) is 41.8 Å². The van der Waals surface area contributed by atoms with Crippen molar-refractivity contribution in [2.75, 3.05) is 24.2 Å². The van der Waals surface area contributed by atoms with Gasteiger partial charge < -0.3 is 15.0 Å². The fourth-order valence-corrected chi connectivity index (χ4v) is 4.68. The summed E-state index contributed by atoms with van der Waals surface area (Å²) in [5, 5.41) is 5.00. The van der Waals surface area contributed by atoms with Gasteiger partial charge in [-0.2, -0.15) is 0 Å². The topological polar surface area (TPSA) is 58.6 Å². The molecule has 5 nitrogen and oxygen atoms in total. The van der Waals surface area contributed by atoms with Crippen LogP contribution in [-0.4, -0.2) is 35.8 Å². The first-order valence-electron chi connectivity index (χ1n) is 7.69. The molecule has 1 atom stereocenters. The molecule has 0 saturated carbocycles. The molecule has 24 heavy (non-hydrogen) atoms. The van der Waals surface area contributed by atoms with E-state index in [1.807, 2.05) is 16.3 Å². The number of thioether (sulfide) groups is 1. The van der Waals surface area contributed by atoms with E-state index >= 15 is 0 Å². The van der Waals surface area contributed by atoms with E-state index < -0.39 is 0 Å². The number of thiophene rings is 1. The lowest BCUT2D eigenvalue weighted by Gasteiger charge is -2.23. The molecule has 0 spiro atoms. The van der Waals surface area contributed by atoms with Crippen molar-refractivity contribution in [1.29, 1.82) is 0 Å². The highest BCUT2D eigenvalue weighted by Crippen LogP contribution is 2.40. The highest BCUT2D eigenvalue weighted by Gasteiger charge is 2.31. The number of carbonyl (C=O) groups excluding carboxylic acids is 2. The molecule has 0 aliphatic carbocycles. The Balaban J connectivity index is 1.65. The van der Waals surface area contributed by atoms with Gasteiger partial charge in [0, 0.05) is 22.9 Å². The number of ether oxygens (including phenoxy) is 1. The van der Waals surface area contributed by atoms with Crippen molar-refractivity contribution in [3.63, 3.8) is 0 Å². The van der Waals surface area contributed by atoms with Crippen molar-refractivity contribution < 1.29 is 14.3 Å². The first kappa shape index (κ1) is 16.9. The maximum absolute atomic E-state index is 12.6. The maximum atomic E-state index is 12.6. The number of rotatable bonds is 4. The van der Waals surface area contributed by atoms with Crippen molar-refractivity contribution >= 4 is 40.8 Å². The molecular formula is C17H18N2O3S2. The second-order valence-corrected chi connectivity index (χ2v) is 7.33. The summed E-state index contributed by atoms with van der Waals surface area (Å²) in [6.45, 7) is 2.83. The maximum Gasteiger partial charge on any atom is 0.338 e. The predicted octanol–water partition coefficient (Wildman–Crippen LogP) is 4.20. The fourth-order valence-electron chi connectivity index (χ4n) is 2.44. The third-order valence-corrected chi connectivity index (χ3v) is 5.90. The summed E-state index contributed by atoms with van der Waals surface area (Å²) in [5.74, 6) is 0.571. The van der Waals surface area contributed by atoms with Gasteiger partial charge in [0.25, 0.3) is 0 Å². The highest BCUT2D eigenvalue weighted by atomic mass is 32.2. The summed E-state index contributed by atoms with van der Waals surface area (Å²) in [6, 6.07) is 10.7. The summed E-state index contributed by atoms with van der Waals surface area (Å²) >= 11 is 3.44. The molecule has 1 fully saturated rings. The van der Waals surface area contributed by atoms with Crippen LogP contribution in [0, 0.1) is 0 Å². The Kier molecular flexibility index (Phi) is 5.42. The van der Waals surface area contributed by atoms with Crippen molar-refractivity contribution in [3.05, 3.63) is 52.2 Å². The van der Waals surface area contributed by atoms with Crippen molar-refractivity contribution in [3.8, 4) is 0 Å². The SMILES string of the molecule is CCOC(=O)c1ccc(NC(=O)N2CCS[C@@H]2c2cccs2)cc1. The number of anilines is 1. The number of carbonyl (C=O) groups is 2. The summed E-state index contributed by atoms with van der Waals surface area (Å²) in [6.07, 6.45) is 0. The van der Waals surface area contributed by atoms with E-state index in [-0.39, 0.29) is 17.4 Å². The van der Waals surface area contributed by atoms with E-state index in [4.69, 9.17) is 4.74 Å². The number of urea groups is 1. The molecule has 1 aliphatic heterocycles. The summed E-state index contributed by atoms with van der Waals surface area (Å²) < 4.78 is 4.95. The normalized spacial score (nSPS) is 16.9. The van der Waals surface area contributed by atoms with Crippen molar-refractivity contribution in [2.45, 2.75) is 12.3 Å². The van der Waals surface area contributed by atoms with Crippen LogP contribution in [0.5, 0.6) is 0 Å². The van der Waals surface area contributed by atoms with Gasteiger partial charge in [0.05, 0.1) is 12.2 Å². The zero-order valence-electron chi connectivity index (χ0n) is 13.2. The van der Waals surface area contributed by atoms with Crippen LogP contribution in [-0.2, 0) is 4.74 Å². The van der Waals surface area contributed by atoms with Crippen LogP contribution < -0.4 is 5.32 Å². The Bertz CT molecular complexity index is 701. The van der Waals surface area contributed by atoms with Gasteiger partial charge in [-0.15, -0.1) is 23.1 Å². The molecule has 2 aromatic rings. The minimum atomic E-state index is -0.357. The molecule has 1 aromatic heterocycles. The molecule has 1 aromatic carbocycles. The Morgan fingerprint density at radius 2 is 2.08 bits per heavy atom. The second kappa shape index (κ2) is 7.72. The second-order valence-electron chi connectivity index (χ2n) is 5.16. The molecule has 126 valence electrons. The van der Waals surface area contributed by atoms with E-state index in [1.54, 1.807) is 54.3 Å². The molecule has 0 unspecified atom stereocenters. The third-order valence-electron chi connectivity index (χ3n) is 3.59. The molecule has 1 saturated heterocycles. The number of nitrogens with zero attached hydrogens (tertiary/aromatic N) is 1. The molecule has 2 amide bonds. The fraction of sp³-hybridized carbons (Fsp3) is 0.294. The van der Waals surface area contributed by atoms with Gasteiger partial charge in [-0.05, 0) is 42.6 Å². The monoisotopic (exact) mass is 362 g/mol. The minimum absolute atomic E-state index is 0.0730. The van der Waals surface area contributed by atoms with Crippen LogP contribution in [0.1, 0.15) is 27.5 Å². The van der Waals surface area contributed by atoms with E-state index in [1.165, 1.54) is 4.88 Å². The molecule has 1 N–H and O–H groups in total. The Hall–Kier alpha value is -1.99. The third kappa shape index (κ3) is 3.73. The van der Waals surface area contributed by atoms with Crippen LogP contribution in [0.25, 0.3) is 0 Å². The quantitative estimate of drug-likeness (QED) is 0.828. The van der Waals surface area contributed by atoms with E-state index in [0.717, 1.165) is 12.3 Å². The smallest absolute Gasteiger partial charge is 0.338 e. The molecule has 3 rings (SSSR count).